The van der Waals surface area contributed by atoms with E-state index in [0.717, 1.165) is 48.8 Å². The fourth-order valence-electron chi connectivity index (χ4n) is 3.16. The molecule has 1 aromatic carbocycles. The fourth-order valence-corrected chi connectivity index (χ4v) is 3.61. The van der Waals surface area contributed by atoms with Crippen LogP contribution in [0.5, 0.6) is 11.5 Å². The van der Waals surface area contributed by atoms with Gasteiger partial charge in [-0.05, 0) is 17.7 Å². The van der Waals surface area contributed by atoms with Crippen molar-refractivity contribution in [3.63, 3.8) is 0 Å². The first kappa shape index (κ1) is 15.4. The van der Waals surface area contributed by atoms with Crippen molar-refractivity contribution in [3.8, 4) is 11.5 Å². The number of hydrogen-bond acceptors (Lipinski definition) is 5. The molecule has 3 aliphatic rings. The summed E-state index contributed by atoms with van der Waals surface area (Å²) in [6.45, 7) is 4.98. The summed E-state index contributed by atoms with van der Waals surface area (Å²) >= 11 is 3.64. The average Bonchev–Trinajstić information content (AvgIpc) is 3.07. The van der Waals surface area contributed by atoms with Crippen LogP contribution in [0.25, 0.3) is 0 Å². The van der Waals surface area contributed by atoms with Crippen molar-refractivity contribution in [2.45, 2.75) is 18.7 Å². The van der Waals surface area contributed by atoms with Crippen molar-refractivity contribution < 1.29 is 14.2 Å². The minimum absolute atomic E-state index is 0. The van der Waals surface area contributed by atoms with E-state index in [2.05, 4.69) is 32.2 Å². The van der Waals surface area contributed by atoms with Gasteiger partial charge >= 0.3 is 0 Å². The maximum absolute atomic E-state index is 5.81. The zero-order valence-corrected chi connectivity index (χ0v) is 13.9. The highest BCUT2D eigenvalue weighted by atomic mass is 79.9. The van der Waals surface area contributed by atoms with E-state index in [1.807, 2.05) is 6.07 Å². The highest BCUT2D eigenvalue weighted by Crippen LogP contribution is 2.37. The molecule has 2 saturated heterocycles. The van der Waals surface area contributed by atoms with Gasteiger partial charge in [-0.1, -0.05) is 15.9 Å². The lowest BCUT2D eigenvalue weighted by molar-refractivity contribution is -0.0501. The van der Waals surface area contributed by atoms with E-state index < -0.39 is 0 Å². The zero-order valence-electron chi connectivity index (χ0n) is 11.5. The molecule has 1 N–H and O–H groups in total. The quantitative estimate of drug-likeness (QED) is 0.851. The minimum Gasteiger partial charge on any atom is -0.454 e. The van der Waals surface area contributed by atoms with Gasteiger partial charge in [0.1, 0.15) is 0 Å². The largest absolute Gasteiger partial charge is 0.454 e. The number of halogens is 2. The van der Waals surface area contributed by atoms with E-state index in [1.165, 1.54) is 5.56 Å². The molecule has 0 aliphatic carbocycles. The van der Waals surface area contributed by atoms with Gasteiger partial charge in [0.25, 0.3) is 0 Å². The first-order valence-electron chi connectivity index (χ1n) is 6.95. The Morgan fingerprint density at radius 2 is 2.05 bits per heavy atom. The van der Waals surface area contributed by atoms with Crippen LogP contribution in [0, 0.1) is 0 Å². The second-order valence-corrected chi connectivity index (χ2v) is 6.26. The van der Waals surface area contributed by atoms with E-state index in [0.29, 0.717) is 18.9 Å². The Morgan fingerprint density at radius 1 is 1.24 bits per heavy atom. The van der Waals surface area contributed by atoms with Crippen LogP contribution in [0.4, 0.5) is 0 Å². The van der Waals surface area contributed by atoms with Gasteiger partial charge in [-0.3, -0.25) is 4.90 Å². The van der Waals surface area contributed by atoms with Crippen LogP contribution in [-0.4, -0.2) is 50.1 Å². The molecule has 0 bridgehead atoms. The summed E-state index contributed by atoms with van der Waals surface area (Å²) < 4.78 is 17.8. The molecule has 4 rings (SSSR count). The van der Waals surface area contributed by atoms with Crippen LogP contribution in [0.15, 0.2) is 16.6 Å². The van der Waals surface area contributed by atoms with Crippen molar-refractivity contribution in [2.75, 3.05) is 33.0 Å². The molecule has 21 heavy (non-hydrogen) atoms. The second-order valence-electron chi connectivity index (χ2n) is 5.40. The lowest BCUT2D eigenvalue weighted by Crippen LogP contribution is -2.50. The first-order valence-corrected chi connectivity index (χ1v) is 7.75. The molecule has 0 spiro atoms. The van der Waals surface area contributed by atoms with Gasteiger partial charge in [-0.15, -0.1) is 12.4 Å². The topological polar surface area (TPSA) is 43.0 Å². The van der Waals surface area contributed by atoms with Crippen molar-refractivity contribution in [1.29, 1.82) is 0 Å². The summed E-state index contributed by atoms with van der Waals surface area (Å²) in [5.41, 5.74) is 1.24. The van der Waals surface area contributed by atoms with Crippen LogP contribution in [0.2, 0.25) is 0 Å². The fraction of sp³-hybridized carbons (Fsp3) is 0.571. The van der Waals surface area contributed by atoms with E-state index >= 15 is 0 Å². The Kier molecular flexibility index (Phi) is 4.61. The third-order valence-electron chi connectivity index (χ3n) is 4.22. The predicted octanol–water partition coefficient (Wildman–Crippen LogP) is 1.77. The van der Waals surface area contributed by atoms with Crippen LogP contribution in [-0.2, 0) is 11.3 Å². The summed E-state index contributed by atoms with van der Waals surface area (Å²) in [6.07, 6.45) is 0.330. The molecular weight excluding hydrogens is 360 g/mol. The molecule has 3 aliphatic heterocycles. The Balaban J connectivity index is 0.00000132. The molecule has 0 amide bonds. The number of morpholine rings is 1. The van der Waals surface area contributed by atoms with Crippen LogP contribution < -0.4 is 14.8 Å². The SMILES string of the molecule is Brc1cc2c(cc1CN1CCO[C@H]3CNC[C@H]31)OCO2.Cl. The maximum atomic E-state index is 5.81. The highest BCUT2D eigenvalue weighted by molar-refractivity contribution is 9.10. The van der Waals surface area contributed by atoms with Gasteiger partial charge in [0.15, 0.2) is 11.5 Å². The molecule has 5 nitrogen and oxygen atoms in total. The molecule has 116 valence electrons. The van der Waals surface area contributed by atoms with Gasteiger partial charge in [0.2, 0.25) is 6.79 Å². The summed E-state index contributed by atoms with van der Waals surface area (Å²) in [5, 5.41) is 3.41. The van der Waals surface area contributed by atoms with Gasteiger partial charge in [-0.25, -0.2) is 0 Å². The minimum atomic E-state index is 0. The van der Waals surface area contributed by atoms with E-state index in [4.69, 9.17) is 14.2 Å². The summed E-state index contributed by atoms with van der Waals surface area (Å²) in [5.74, 6) is 1.67. The summed E-state index contributed by atoms with van der Waals surface area (Å²) in [7, 11) is 0. The molecular formula is C14H18BrClN2O3. The average molecular weight is 378 g/mol. The smallest absolute Gasteiger partial charge is 0.231 e. The Labute approximate surface area is 138 Å². The second kappa shape index (κ2) is 6.30. The standard InChI is InChI=1S/C14H17BrN2O3.ClH/c15-10-4-13-12(19-8-20-13)3-9(10)7-17-1-2-18-14-6-16-5-11(14)17;/h3-4,11,14,16H,1-2,5-8H2;1H/t11-,14+;/m1./s1. The number of nitrogens with zero attached hydrogens (tertiary/aromatic N) is 1. The number of benzene rings is 1. The number of rotatable bonds is 2. The van der Waals surface area contributed by atoms with Gasteiger partial charge in [-0.2, -0.15) is 0 Å². The normalized spacial score (nSPS) is 27.3. The number of hydrogen-bond donors (Lipinski definition) is 1. The number of fused-ring (bicyclic) bond motifs is 2. The van der Waals surface area contributed by atoms with Crippen molar-refractivity contribution in [1.82, 2.24) is 10.2 Å². The van der Waals surface area contributed by atoms with Crippen LogP contribution in [0.3, 0.4) is 0 Å². The molecule has 0 saturated carbocycles. The van der Waals surface area contributed by atoms with E-state index in [1.54, 1.807) is 0 Å². The summed E-state index contributed by atoms with van der Waals surface area (Å²) in [6, 6.07) is 4.56. The molecule has 2 atom stereocenters. The molecule has 0 aromatic heterocycles. The number of ether oxygens (including phenoxy) is 3. The molecule has 0 radical (unpaired) electrons. The van der Waals surface area contributed by atoms with Crippen molar-refractivity contribution in [2.24, 2.45) is 0 Å². The van der Waals surface area contributed by atoms with E-state index in [9.17, 15) is 0 Å². The van der Waals surface area contributed by atoms with Gasteiger partial charge in [0, 0.05) is 36.7 Å². The van der Waals surface area contributed by atoms with E-state index in [-0.39, 0.29) is 12.4 Å². The molecule has 3 heterocycles. The first-order chi connectivity index (χ1) is 9.81. The lowest BCUT2D eigenvalue weighted by atomic mass is 10.1. The van der Waals surface area contributed by atoms with Crippen molar-refractivity contribution >= 4 is 28.3 Å². The maximum Gasteiger partial charge on any atom is 0.231 e. The van der Waals surface area contributed by atoms with Gasteiger partial charge < -0.3 is 19.5 Å². The zero-order chi connectivity index (χ0) is 13.5. The molecule has 1 aromatic rings. The Morgan fingerprint density at radius 3 is 2.90 bits per heavy atom. The third kappa shape index (κ3) is 2.87. The van der Waals surface area contributed by atoms with Crippen LogP contribution >= 0.6 is 28.3 Å². The lowest BCUT2D eigenvalue weighted by Gasteiger charge is -2.37. The summed E-state index contributed by atoms with van der Waals surface area (Å²) in [4.78, 5) is 2.50. The van der Waals surface area contributed by atoms with Crippen LogP contribution in [0.1, 0.15) is 5.56 Å². The Hall–Kier alpha value is -0.530. The number of nitrogens with one attached hydrogen (secondary N) is 1. The highest BCUT2D eigenvalue weighted by Gasteiger charge is 2.36. The third-order valence-corrected chi connectivity index (χ3v) is 4.96. The van der Waals surface area contributed by atoms with Gasteiger partial charge in [0.05, 0.1) is 12.7 Å². The Bertz CT molecular complexity index is 531. The molecule has 0 unspecified atom stereocenters. The molecule has 2 fully saturated rings. The predicted molar refractivity (Wildman–Crippen MR) is 84.3 cm³/mol. The van der Waals surface area contributed by atoms with Crippen molar-refractivity contribution in [3.05, 3.63) is 22.2 Å². The monoisotopic (exact) mass is 376 g/mol. The molecule has 7 heteroatoms.